The number of methoxy groups -OCH3 is 1. The van der Waals surface area contributed by atoms with Gasteiger partial charge >= 0.3 is 0 Å². The second-order valence-electron chi connectivity index (χ2n) is 3.75. The van der Waals surface area contributed by atoms with Crippen LogP contribution >= 0.6 is 11.6 Å². The van der Waals surface area contributed by atoms with E-state index in [4.69, 9.17) is 16.3 Å². The molecule has 0 spiro atoms. The summed E-state index contributed by atoms with van der Waals surface area (Å²) in [6, 6.07) is 7.96. The van der Waals surface area contributed by atoms with E-state index < -0.39 is 17.4 Å². The van der Waals surface area contributed by atoms with E-state index in [-0.39, 0.29) is 21.9 Å². The lowest BCUT2D eigenvalue weighted by atomic mass is 10.0. The van der Waals surface area contributed by atoms with Crippen LogP contribution in [0, 0.1) is 11.6 Å². The van der Waals surface area contributed by atoms with Crippen LogP contribution in [0.15, 0.2) is 36.4 Å². The summed E-state index contributed by atoms with van der Waals surface area (Å²) in [5.74, 6) is -2.27. The van der Waals surface area contributed by atoms with Crippen LogP contribution in [0.2, 0.25) is 5.02 Å². The van der Waals surface area contributed by atoms with Gasteiger partial charge in [0, 0.05) is 5.56 Å². The number of hydrogen-bond donors (Lipinski definition) is 0. The number of hydrogen-bond acceptors (Lipinski definition) is 2. The average molecular weight is 283 g/mol. The molecule has 98 valence electrons. The van der Waals surface area contributed by atoms with Gasteiger partial charge in [0.05, 0.1) is 17.7 Å². The van der Waals surface area contributed by atoms with Gasteiger partial charge in [0.1, 0.15) is 5.82 Å². The van der Waals surface area contributed by atoms with Crippen LogP contribution in [0.5, 0.6) is 5.75 Å². The minimum absolute atomic E-state index is 0.0571. The number of ether oxygens (including phenoxy) is 1. The minimum Gasteiger partial charge on any atom is -0.494 e. The molecule has 2 nitrogen and oxygen atoms in total. The van der Waals surface area contributed by atoms with Crippen molar-refractivity contribution in [3.8, 4) is 5.75 Å². The molecule has 19 heavy (non-hydrogen) atoms. The lowest BCUT2D eigenvalue weighted by Crippen LogP contribution is -2.07. The Bertz CT molecular complexity index is 641. The molecular formula is C14H9ClF2O2. The normalized spacial score (nSPS) is 10.3. The molecule has 0 atom stereocenters. The van der Waals surface area contributed by atoms with Crippen LogP contribution in [0.25, 0.3) is 0 Å². The number of halogens is 3. The van der Waals surface area contributed by atoms with Crippen LogP contribution < -0.4 is 4.74 Å². The van der Waals surface area contributed by atoms with Crippen LogP contribution in [0.3, 0.4) is 0 Å². The van der Waals surface area contributed by atoms with Gasteiger partial charge in [0.2, 0.25) is 0 Å². The second kappa shape index (κ2) is 5.36. The Hall–Kier alpha value is -1.94. The van der Waals surface area contributed by atoms with Crippen molar-refractivity contribution in [3.05, 3.63) is 64.2 Å². The van der Waals surface area contributed by atoms with Crippen molar-refractivity contribution in [2.45, 2.75) is 0 Å². The molecule has 0 bridgehead atoms. The highest BCUT2D eigenvalue weighted by Crippen LogP contribution is 2.26. The van der Waals surface area contributed by atoms with Gasteiger partial charge in [0.25, 0.3) is 0 Å². The quantitative estimate of drug-likeness (QED) is 0.799. The predicted octanol–water partition coefficient (Wildman–Crippen LogP) is 3.86. The van der Waals surface area contributed by atoms with Crippen molar-refractivity contribution < 1.29 is 18.3 Å². The molecule has 2 aromatic rings. The summed E-state index contributed by atoms with van der Waals surface area (Å²) in [5.41, 5.74) is -0.305. The van der Waals surface area contributed by atoms with Crippen molar-refractivity contribution in [3.63, 3.8) is 0 Å². The molecular weight excluding hydrogens is 274 g/mol. The van der Waals surface area contributed by atoms with Gasteiger partial charge in [0.15, 0.2) is 17.3 Å². The van der Waals surface area contributed by atoms with Crippen LogP contribution in [-0.4, -0.2) is 12.9 Å². The Morgan fingerprint density at radius 2 is 1.74 bits per heavy atom. The highest BCUT2D eigenvalue weighted by molar-refractivity contribution is 6.35. The third-order valence-corrected chi connectivity index (χ3v) is 3.01. The Labute approximate surface area is 113 Å². The molecule has 0 N–H and O–H groups in total. The van der Waals surface area contributed by atoms with Gasteiger partial charge < -0.3 is 4.74 Å². The SMILES string of the molecule is COc1cccc(C(=O)c2cccc(F)c2Cl)c1F. The monoisotopic (exact) mass is 282 g/mol. The molecule has 0 radical (unpaired) electrons. The van der Waals surface area contributed by atoms with Gasteiger partial charge in [-0.05, 0) is 24.3 Å². The third-order valence-electron chi connectivity index (χ3n) is 2.62. The molecule has 0 heterocycles. The molecule has 0 aliphatic carbocycles. The summed E-state index contributed by atoms with van der Waals surface area (Å²) in [5, 5.41) is -0.324. The maximum Gasteiger partial charge on any atom is 0.197 e. The second-order valence-corrected chi connectivity index (χ2v) is 4.13. The molecule has 0 aromatic heterocycles. The van der Waals surface area contributed by atoms with Gasteiger partial charge in [-0.2, -0.15) is 0 Å². The predicted molar refractivity (Wildman–Crippen MR) is 67.8 cm³/mol. The average Bonchev–Trinajstić information content (AvgIpc) is 2.41. The Balaban J connectivity index is 2.54. The molecule has 0 saturated heterocycles. The highest BCUT2D eigenvalue weighted by Gasteiger charge is 2.20. The minimum atomic E-state index is -0.796. The molecule has 5 heteroatoms. The molecule has 0 saturated carbocycles. The first-order valence-corrected chi connectivity index (χ1v) is 5.75. The van der Waals surface area contributed by atoms with Gasteiger partial charge in [-0.15, -0.1) is 0 Å². The van der Waals surface area contributed by atoms with E-state index >= 15 is 0 Å². The largest absolute Gasteiger partial charge is 0.494 e. The summed E-state index contributed by atoms with van der Waals surface area (Å²) < 4.78 is 32.0. The van der Waals surface area contributed by atoms with Crippen molar-refractivity contribution in [2.75, 3.05) is 7.11 Å². The maximum atomic E-state index is 14.0. The zero-order chi connectivity index (χ0) is 14.0. The molecule has 0 unspecified atom stereocenters. The van der Waals surface area contributed by atoms with Crippen molar-refractivity contribution in [1.29, 1.82) is 0 Å². The smallest absolute Gasteiger partial charge is 0.197 e. The fraction of sp³-hybridized carbons (Fsp3) is 0.0714. The van der Waals surface area contributed by atoms with Gasteiger partial charge in [-0.3, -0.25) is 4.79 Å². The number of carbonyl (C=O) groups is 1. The van der Waals surface area contributed by atoms with Gasteiger partial charge in [-0.1, -0.05) is 23.7 Å². The number of benzene rings is 2. The number of rotatable bonds is 3. The zero-order valence-electron chi connectivity index (χ0n) is 9.91. The van der Waals surface area contributed by atoms with E-state index in [1.807, 2.05) is 0 Å². The lowest BCUT2D eigenvalue weighted by Gasteiger charge is -2.08. The highest BCUT2D eigenvalue weighted by atomic mass is 35.5. The van der Waals surface area contributed by atoms with Crippen molar-refractivity contribution in [2.24, 2.45) is 0 Å². The summed E-state index contributed by atoms with van der Waals surface area (Å²) in [6.07, 6.45) is 0. The number of carbonyl (C=O) groups excluding carboxylic acids is 1. The fourth-order valence-corrected chi connectivity index (χ4v) is 1.88. The first-order valence-electron chi connectivity index (χ1n) is 5.37. The lowest BCUT2D eigenvalue weighted by molar-refractivity contribution is 0.103. The third kappa shape index (κ3) is 2.44. The Morgan fingerprint density at radius 1 is 1.11 bits per heavy atom. The fourth-order valence-electron chi connectivity index (χ4n) is 1.67. The van der Waals surface area contributed by atoms with Crippen molar-refractivity contribution in [1.82, 2.24) is 0 Å². The van der Waals surface area contributed by atoms with E-state index in [1.54, 1.807) is 0 Å². The van der Waals surface area contributed by atoms with E-state index in [0.29, 0.717) is 0 Å². The molecule has 0 amide bonds. The summed E-state index contributed by atoms with van der Waals surface area (Å²) in [6.45, 7) is 0. The Kier molecular flexibility index (Phi) is 3.81. The van der Waals surface area contributed by atoms with Crippen LogP contribution in [-0.2, 0) is 0 Å². The van der Waals surface area contributed by atoms with Gasteiger partial charge in [-0.25, -0.2) is 8.78 Å². The Morgan fingerprint density at radius 3 is 2.42 bits per heavy atom. The van der Waals surface area contributed by atoms with Crippen molar-refractivity contribution >= 4 is 17.4 Å². The first-order chi connectivity index (χ1) is 9.06. The topological polar surface area (TPSA) is 26.3 Å². The van der Waals surface area contributed by atoms with E-state index in [0.717, 1.165) is 6.07 Å². The zero-order valence-corrected chi connectivity index (χ0v) is 10.7. The van der Waals surface area contributed by atoms with E-state index in [1.165, 1.54) is 37.4 Å². The molecule has 2 aromatic carbocycles. The summed E-state index contributed by atoms with van der Waals surface area (Å²) >= 11 is 5.71. The van der Waals surface area contributed by atoms with Crippen LogP contribution in [0.4, 0.5) is 8.78 Å². The molecule has 2 rings (SSSR count). The maximum absolute atomic E-state index is 14.0. The molecule has 0 aliphatic rings. The van der Waals surface area contributed by atoms with Crippen LogP contribution in [0.1, 0.15) is 15.9 Å². The summed E-state index contributed by atoms with van der Waals surface area (Å²) in [4.78, 5) is 12.2. The van der Waals surface area contributed by atoms with E-state index in [9.17, 15) is 13.6 Å². The summed E-state index contributed by atoms with van der Waals surface area (Å²) in [7, 11) is 1.29. The first kappa shape index (κ1) is 13.5. The molecule has 0 fully saturated rings. The van der Waals surface area contributed by atoms with E-state index in [2.05, 4.69) is 0 Å². The number of ketones is 1. The standard InChI is InChI=1S/C14H9ClF2O2/c1-19-11-7-3-5-9(13(11)17)14(18)8-4-2-6-10(16)12(8)15/h2-7H,1H3. The molecule has 0 aliphatic heterocycles.